The lowest BCUT2D eigenvalue weighted by Crippen LogP contribution is -2.54. The zero-order chi connectivity index (χ0) is 25.3. The molecule has 3 unspecified atom stereocenters. The molecular weight excluding hydrogens is 450 g/mol. The largest absolute Gasteiger partial charge is 0.480 e. The SMILES string of the molecule is CC(C)C(C(=O)N1NC(=O)CC1C(=O)O)C(C)NC(=O)OCC1c2ccccc2-c2ccccc21. The van der Waals surface area contributed by atoms with Crippen molar-refractivity contribution in [2.24, 2.45) is 11.8 Å². The molecule has 0 bridgehead atoms. The van der Waals surface area contributed by atoms with E-state index in [1.165, 1.54) is 0 Å². The number of carbonyl (C=O) groups excluding carboxylic acids is 3. The summed E-state index contributed by atoms with van der Waals surface area (Å²) in [4.78, 5) is 49.1. The molecule has 1 fully saturated rings. The van der Waals surface area contributed by atoms with Gasteiger partial charge in [-0.2, -0.15) is 0 Å². The van der Waals surface area contributed by atoms with Gasteiger partial charge in [0.05, 0.1) is 12.3 Å². The number of carbonyl (C=O) groups is 4. The third-order valence-corrected chi connectivity index (χ3v) is 6.69. The number of carboxylic acid groups (broad SMARTS) is 1. The van der Waals surface area contributed by atoms with Gasteiger partial charge in [-0.05, 0) is 35.1 Å². The Morgan fingerprint density at radius 2 is 1.63 bits per heavy atom. The van der Waals surface area contributed by atoms with Crippen LogP contribution in [0.2, 0.25) is 0 Å². The molecule has 35 heavy (non-hydrogen) atoms. The van der Waals surface area contributed by atoms with Crippen LogP contribution in [0.4, 0.5) is 4.79 Å². The molecule has 1 aliphatic carbocycles. The number of rotatable bonds is 7. The van der Waals surface area contributed by atoms with Crippen LogP contribution in [-0.2, 0) is 19.1 Å². The minimum Gasteiger partial charge on any atom is -0.480 e. The third kappa shape index (κ3) is 4.71. The fourth-order valence-corrected chi connectivity index (χ4v) is 5.08. The Morgan fingerprint density at radius 1 is 1.06 bits per heavy atom. The summed E-state index contributed by atoms with van der Waals surface area (Å²) >= 11 is 0. The van der Waals surface area contributed by atoms with Crippen LogP contribution >= 0.6 is 0 Å². The minimum atomic E-state index is -1.28. The standard InChI is InChI=1S/C26H29N3O6/c1-14(2)23(24(31)29-21(25(32)33)12-22(30)28-29)15(3)27-26(34)35-13-20-18-10-6-4-8-16(18)17-9-5-7-11-19(17)20/h4-11,14-15,20-21,23H,12-13H2,1-3H3,(H,27,34)(H,28,30)(H,32,33). The highest BCUT2D eigenvalue weighted by molar-refractivity contribution is 5.94. The molecule has 1 heterocycles. The lowest BCUT2D eigenvalue weighted by Gasteiger charge is -2.31. The van der Waals surface area contributed by atoms with E-state index < -0.39 is 41.9 Å². The summed E-state index contributed by atoms with van der Waals surface area (Å²) in [6.45, 7) is 5.39. The van der Waals surface area contributed by atoms with Gasteiger partial charge < -0.3 is 15.2 Å². The molecule has 3 amide bonds. The van der Waals surface area contributed by atoms with Crippen LogP contribution < -0.4 is 10.7 Å². The average molecular weight is 480 g/mol. The van der Waals surface area contributed by atoms with Gasteiger partial charge in [0.1, 0.15) is 6.61 Å². The number of alkyl carbamates (subject to hydrolysis) is 1. The molecule has 9 heteroatoms. The summed E-state index contributed by atoms with van der Waals surface area (Å²) < 4.78 is 5.58. The van der Waals surface area contributed by atoms with E-state index in [4.69, 9.17) is 4.74 Å². The number of fused-ring (bicyclic) bond motifs is 3. The van der Waals surface area contributed by atoms with Crippen LogP contribution in [0.15, 0.2) is 48.5 Å². The van der Waals surface area contributed by atoms with Gasteiger partial charge in [0.2, 0.25) is 11.8 Å². The Kier molecular flexibility index (Phi) is 6.77. The monoisotopic (exact) mass is 479 g/mol. The first-order valence-corrected chi connectivity index (χ1v) is 11.7. The summed E-state index contributed by atoms with van der Waals surface area (Å²) in [6, 6.07) is 14.1. The maximum atomic E-state index is 13.2. The van der Waals surface area contributed by atoms with E-state index in [-0.39, 0.29) is 24.9 Å². The maximum absolute atomic E-state index is 13.2. The van der Waals surface area contributed by atoms with E-state index in [1.807, 2.05) is 36.4 Å². The van der Waals surface area contributed by atoms with Crippen LogP contribution in [0, 0.1) is 11.8 Å². The molecule has 9 nitrogen and oxygen atoms in total. The fraction of sp³-hybridized carbons (Fsp3) is 0.385. The van der Waals surface area contributed by atoms with E-state index in [9.17, 15) is 24.3 Å². The molecule has 0 aromatic heterocycles. The first-order chi connectivity index (χ1) is 16.7. The Labute approximate surface area is 203 Å². The number of carboxylic acids is 1. The summed E-state index contributed by atoms with van der Waals surface area (Å²) in [5.74, 6) is -3.47. The van der Waals surface area contributed by atoms with Crippen LogP contribution in [0.3, 0.4) is 0 Å². The molecule has 3 atom stereocenters. The number of hydrogen-bond acceptors (Lipinski definition) is 5. The predicted molar refractivity (Wildman–Crippen MR) is 127 cm³/mol. The summed E-state index contributed by atoms with van der Waals surface area (Å²) in [7, 11) is 0. The summed E-state index contributed by atoms with van der Waals surface area (Å²) in [6.07, 6.45) is -0.974. The lowest BCUT2D eigenvalue weighted by atomic mass is 9.88. The quantitative estimate of drug-likeness (QED) is 0.561. The van der Waals surface area contributed by atoms with E-state index in [0.29, 0.717) is 0 Å². The van der Waals surface area contributed by atoms with Gasteiger partial charge in [-0.15, -0.1) is 0 Å². The molecule has 0 radical (unpaired) electrons. The Bertz CT molecular complexity index is 1120. The third-order valence-electron chi connectivity index (χ3n) is 6.69. The van der Waals surface area contributed by atoms with Crippen molar-refractivity contribution in [3.05, 3.63) is 59.7 Å². The van der Waals surface area contributed by atoms with Crippen molar-refractivity contribution in [3.8, 4) is 11.1 Å². The van der Waals surface area contributed by atoms with Crippen LogP contribution in [0.1, 0.15) is 44.2 Å². The molecule has 3 N–H and O–H groups in total. The van der Waals surface area contributed by atoms with Gasteiger partial charge in [-0.1, -0.05) is 62.4 Å². The van der Waals surface area contributed by atoms with Gasteiger partial charge in [0, 0.05) is 12.0 Å². The molecule has 0 saturated carbocycles. The minimum absolute atomic E-state index is 0.0953. The molecule has 2 aromatic rings. The smallest absolute Gasteiger partial charge is 0.407 e. The van der Waals surface area contributed by atoms with Gasteiger partial charge in [0.25, 0.3) is 0 Å². The van der Waals surface area contributed by atoms with Crippen LogP contribution in [0.25, 0.3) is 11.1 Å². The van der Waals surface area contributed by atoms with Crippen LogP contribution in [-0.4, -0.2) is 52.7 Å². The zero-order valence-electron chi connectivity index (χ0n) is 19.9. The first kappa shape index (κ1) is 24.3. The lowest BCUT2D eigenvalue weighted by molar-refractivity contribution is -0.153. The van der Waals surface area contributed by atoms with Crippen LogP contribution in [0.5, 0.6) is 0 Å². The number of ether oxygens (including phenoxy) is 1. The molecule has 1 aliphatic heterocycles. The van der Waals surface area contributed by atoms with Crippen molar-refractivity contribution in [3.63, 3.8) is 0 Å². The van der Waals surface area contributed by atoms with Crippen molar-refractivity contribution in [1.82, 2.24) is 15.8 Å². The van der Waals surface area contributed by atoms with Gasteiger partial charge >= 0.3 is 12.1 Å². The number of nitrogens with one attached hydrogen (secondary N) is 2. The maximum Gasteiger partial charge on any atom is 0.407 e. The molecule has 184 valence electrons. The number of hydrazine groups is 1. The highest BCUT2D eigenvalue weighted by Gasteiger charge is 2.43. The van der Waals surface area contributed by atoms with Gasteiger partial charge in [0.15, 0.2) is 6.04 Å². The number of amides is 3. The molecule has 0 spiro atoms. The Morgan fingerprint density at radius 3 is 2.17 bits per heavy atom. The average Bonchev–Trinajstić information content (AvgIpc) is 3.36. The zero-order valence-corrected chi connectivity index (χ0v) is 19.9. The van der Waals surface area contributed by atoms with E-state index >= 15 is 0 Å². The Hall–Kier alpha value is -3.88. The molecule has 4 rings (SSSR count). The second kappa shape index (κ2) is 9.77. The number of nitrogens with zero attached hydrogens (tertiary/aromatic N) is 1. The van der Waals surface area contributed by atoms with Crippen molar-refractivity contribution < 1.29 is 29.0 Å². The number of benzene rings is 2. The van der Waals surface area contributed by atoms with E-state index in [2.05, 4.69) is 22.9 Å². The molecule has 1 saturated heterocycles. The molecule has 2 aliphatic rings. The molecule has 2 aromatic carbocycles. The fourth-order valence-electron chi connectivity index (χ4n) is 5.08. The van der Waals surface area contributed by atoms with E-state index in [0.717, 1.165) is 27.3 Å². The van der Waals surface area contributed by atoms with Crippen molar-refractivity contribution in [2.45, 2.75) is 45.2 Å². The Balaban J connectivity index is 1.42. The highest BCUT2D eigenvalue weighted by Crippen LogP contribution is 2.44. The number of aliphatic carboxylic acids is 1. The molecular formula is C26H29N3O6. The van der Waals surface area contributed by atoms with Gasteiger partial charge in [-0.25, -0.2) is 14.6 Å². The number of hydrogen-bond donors (Lipinski definition) is 3. The highest BCUT2D eigenvalue weighted by atomic mass is 16.5. The van der Waals surface area contributed by atoms with Crippen molar-refractivity contribution >= 4 is 23.9 Å². The predicted octanol–water partition coefficient (Wildman–Crippen LogP) is 2.90. The second-order valence-corrected chi connectivity index (χ2v) is 9.33. The summed E-state index contributed by atoms with van der Waals surface area (Å²) in [5.41, 5.74) is 6.76. The van der Waals surface area contributed by atoms with E-state index in [1.54, 1.807) is 20.8 Å². The van der Waals surface area contributed by atoms with Crippen molar-refractivity contribution in [2.75, 3.05) is 6.61 Å². The van der Waals surface area contributed by atoms with Gasteiger partial charge in [-0.3, -0.25) is 15.0 Å². The normalized spacial score (nSPS) is 18.5. The topological polar surface area (TPSA) is 125 Å². The first-order valence-electron chi connectivity index (χ1n) is 11.7. The summed E-state index contributed by atoms with van der Waals surface area (Å²) in [5, 5.41) is 13.0. The second-order valence-electron chi connectivity index (χ2n) is 9.33. The van der Waals surface area contributed by atoms with Crippen molar-refractivity contribution in [1.29, 1.82) is 0 Å².